The van der Waals surface area contributed by atoms with Gasteiger partial charge in [-0.3, -0.25) is 4.57 Å². The van der Waals surface area contributed by atoms with Crippen molar-refractivity contribution in [1.29, 1.82) is 0 Å². The Morgan fingerprint density at radius 1 is 0.605 bits per heavy atom. The van der Waals surface area contributed by atoms with E-state index in [-0.39, 0.29) is 11.5 Å². The number of para-hydroxylation sites is 5. The highest BCUT2D eigenvalue weighted by Crippen LogP contribution is 2.43. The van der Waals surface area contributed by atoms with E-state index < -0.39 is 0 Å². The second-order valence-electron chi connectivity index (χ2n) is 12.5. The molecule has 0 fully saturated rings. The van der Waals surface area contributed by atoms with Gasteiger partial charge in [0.1, 0.15) is 0 Å². The van der Waals surface area contributed by atoms with Crippen molar-refractivity contribution >= 4 is 55.3 Å². The highest BCUT2D eigenvalue weighted by atomic mass is 15.2. The van der Waals surface area contributed by atoms with Crippen molar-refractivity contribution in [3.8, 4) is 5.69 Å². The van der Waals surface area contributed by atoms with Crippen LogP contribution in [0.25, 0.3) is 49.3 Å². The van der Waals surface area contributed by atoms with Crippen molar-refractivity contribution in [1.82, 2.24) is 9.13 Å². The SMILES string of the molecule is CC1(C)C=C2C(c3cccc4c5ccccc5n(-c5ccccc5)c34)=NC(n3c4ccccc4c4ccccc43)=NC2C1. The minimum absolute atomic E-state index is 0.0284. The second kappa shape index (κ2) is 8.89. The normalized spacial score (nSPS) is 17.8. The molecule has 0 bridgehead atoms. The summed E-state index contributed by atoms with van der Waals surface area (Å²) in [5.41, 5.74) is 9.20. The van der Waals surface area contributed by atoms with E-state index in [4.69, 9.17) is 9.98 Å². The van der Waals surface area contributed by atoms with Gasteiger partial charge in [0.2, 0.25) is 5.96 Å². The summed E-state index contributed by atoms with van der Waals surface area (Å²) in [5, 5.41) is 4.91. The van der Waals surface area contributed by atoms with Gasteiger partial charge in [0.05, 0.1) is 33.8 Å². The number of hydrogen-bond donors (Lipinski definition) is 0. The van der Waals surface area contributed by atoms with E-state index in [2.05, 4.69) is 150 Å². The average molecular weight is 555 g/mol. The van der Waals surface area contributed by atoms with Crippen molar-refractivity contribution in [2.45, 2.75) is 26.3 Å². The number of nitrogens with zero attached hydrogens (tertiary/aromatic N) is 4. The van der Waals surface area contributed by atoms with Gasteiger partial charge >= 0.3 is 0 Å². The Kier molecular flexibility index (Phi) is 5.04. The molecule has 206 valence electrons. The van der Waals surface area contributed by atoms with Gasteiger partial charge in [0, 0.05) is 32.8 Å². The summed E-state index contributed by atoms with van der Waals surface area (Å²) in [6.07, 6.45) is 3.37. The monoisotopic (exact) mass is 554 g/mol. The lowest BCUT2D eigenvalue weighted by molar-refractivity contribution is 0.447. The van der Waals surface area contributed by atoms with Crippen LogP contribution in [0, 0.1) is 5.41 Å². The molecule has 0 amide bonds. The Labute approximate surface area is 249 Å². The number of hydrogen-bond acceptors (Lipinski definition) is 2. The van der Waals surface area contributed by atoms with Crippen molar-refractivity contribution in [3.63, 3.8) is 0 Å². The second-order valence-corrected chi connectivity index (χ2v) is 12.5. The van der Waals surface area contributed by atoms with Gasteiger partial charge in [-0.1, -0.05) is 111 Å². The van der Waals surface area contributed by atoms with Gasteiger partial charge in [-0.2, -0.15) is 0 Å². The van der Waals surface area contributed by atoms with Gasteiger partial charge < -0.3 is 4.57 Å². The molecule has 9 rings (SSSR count). The Bertz CT molecular complexity index is 2290. The summed E-state index contributed by atoms with van der Waals surface area (Å²) in [6, 6.07) is 43.3. The van der Waals surface area contributed by atoms with E-state index in [0.29, 0.717) is 0 Å². The molecule has 0 saturated heterocycles. The number of allylic oxidation sites excluding steroid dienone is 1. The van der Waals surface area contributed by atoms with Crippen molar-refractivity contribution < 1.29 is 0 Å². The van der Waals surface area contributed by atoms with Crippen LogP contribution in [-0.4, -0.2) is 26.8 Å². The maximum Gasteiger partial charge on any atom is 0.231 e. The number of fused-ring (bicyclic) bond motifs is 7. The van der Waals surface area contributed by atoms with Crippen LogP contribution in [0.5, 0.6) is 0 Å². The fraction of sp³-hybridized carbons (Fsp3) is 0.128. The average Bonchev–Trinajstić information content (AvgIpc) is 3.67. The molecule has 0 N–H and O–H groups in total. The summed E-state index contributed by atoms with van der Waals surface area (Å²) in [7, 11) is 0. The van der Waals surface area contributed by atoms with Gasteiger partial charge in [0.25, 0.3) is 0 Å². The van der Waals surface area contributed by atoms with Gasteiger partial charge in [-0.05, 0) is 47.7 Å². The number of benzene rings is 5. The molecule has 0 saturated carbocycles. The molecule has 1 aliphatic carbocycles. The third-order valence-electron chi connectivity index (χ3n) is 9.13. The summed E-state index contributed by atoms with van der Waals surface area (Å²) < 4.78 is 4.67. The molecule has 4 nitrogen and oxygen atoms in total. The number of aliphatic imine (C=N–C) groups is 2. The first-order chi connectivity index (χ1) is 21.1. The van der Waals surface area contributed by atoms with Gasteiger partial charge in [0.15, 0.2) is 0 Å². The van der Waals surface area contributed by atoms with Crippen molar-refractivity contribution in [2.24, 2.45) is 15.4 Å². The van der Waals surface area contributed by atoms with Crippen LogP contribution in [0.1, 0.15) is 25.8 Å². The maximum absolute atomic E-state index is 5.51. The molecule has 0 spiro atoms. The van der Waals surface area contributed by atoms with E-state index in [0.717, 1.165) is 40.4 Å². The summed E-state index contributed by atoms with van der Waals surface area (Å²) >= 11 is 0. The molecule has 1 atom stereocenters. The Morgan fingerprint density at radius 2 is 1.16 bits per heavy atom. The number of aromatic nitrogens is 2. The Morgan fingerprint density at radius 3 is 1.84 bits per heavy atom. The quantitative estimate of drug-likeness (QED) is 0.204. The zero-order valence-corrected chi connectivity index (χ0v) is 24.2. The fourth-order valence-corrected chi connectivity index (χ4v) is 7.37. The zero-order chi connectivity index (χ0) is 28.7. The maximum atomic E-state index is 5.51. The fourth-order valence-electron chi connectivity index (χ4n) is 7.37. The lowest BCUT2D eigenvalue weighted by Gasteiger charge is -2.23. The Hall–Kier alpha value is -5.22. The van der Waals surface area contributed by atoms with Crippen LogP contribution < -0.4 is 0 Å². The molecular weight excluding hydrogens is 524 g/mol. The van der Waals surface area contributed by atoms with Crippen molar-refractivity contribution in [2.75, 3.05) is 0 Å². The van der Waals surface area contributed by atoms with Gasteiger partial charge in [-0.15, -0.1) is 0 Å². The minimum Gasteiger partial charge on any atom is -0.309 e. The minimum atomic E-state index is 0.0284. The lowest BCUT2D eigenvalue weighted by atomic mass is 9.92. The number of rotatable bonds is 2. The first kappa shape index (κ1) is 24.4. The molecule has 43 heavy (non-hydrogen) atoms. The summed E-state index contributed by atoms with van der Waals surface area (Å²) in [4.78, 5) is 10.9. The summed E-state index contributed by atoms with van der Waals surface area (Å²) in [6.45, 7) is 4.63. The van der Waals surface area contributed by atoms with E-state index in [9.17, 15) is 0 Å². The van der Waals surface area contributed by atoms with E-state index in [1.54, 1.807) is 0 Å². The van der Waals surface area contributed by atoms with E-state index >= 15 is 0 Å². The highest BCUT2D eigenvalue weighted by Gasteiger charge is 2.38. The Balaban J connectivity index is 1.38. The highest BCUT2D eigenvalue weighted by molar-refractivity contribution is 6.27. The standard InChI is InChI=1S/C39H30N4/c1-39(2)23-31-32(24-39)40-38(43-34-21-10-6-15-26(34)27-16-7-11-22-35(27)43)41-36(31)30-19-12-18-29-28-17-8-9-20-33(28)42(37(29)30)25-13-4-3-5-14-25/h3-23,32H,24H2,1-2H3. The van der Waals surface area contributed by atoms with E-state index in [1.165, 1.54) is 38.2 Å². The first-order valence-corrected chi connectivity index (χ1v) is 15.0. The molecule has 5 aromatic carbocycles. The molecule has 1 unspecified atom stereocenters. The smallest absolute Gasteiger partial charge is 0.231 e. The van der Waals surface area contributed by atoms with Crippen LogP contribution in [0.4, 0.5) is 0 Å². The molecule has 0 radical (unpaired) electrons. The molecule has 3 heterocycles. The third-order valence-corrected chi connectivity index (χ3v) is 9.13. The summed E-state index contributed by atoms with van der Waals surface area (Å²) in [5.74, 6) is 0.756. The lowest BCUT2D eigenvalue weighted by Crippen LogP contribution is -2.26. The largest absolute Gasteiger partial charge is 0.309 e. The predicted octanol–water partition coefficient (Wildman–Crippen LogP) is 9.32. The molecule has 2 aromatic heterocycles. The third kappa shape index (κ3) is 3.56. The zero-order valence-electron chi connectivity index (χ0n) is 24.2. The predicted molar refractivity (Wildman–Crippen MR) is 180 cm³/mol. The topological polar surface area (TPSA) is 34.6 Å². The van der Waals surface area contributed by atoms with Crippen LogP contribution in [0.2, 0.25) is 0 Å². The van der Waals surface area contributed by atoms with Crippen LogP contribution >= 0.6 is 0 Å². The van der Waals surface area contributed by atoms with Crippen LogP contribution in [0.3, 0.4) is 0 Å². The molecule has 7 aromatic rings. The van der Waals surface area contributed by atoms with Gasteiger partial charge in [-0.25, -0.2) is 9.98 Å². The van der Waals surface area contributed by atoms with Crippen molar-refractivity contribution in [3.05, 3.63) is 139 Å². The molecule has 4 heteroatoms. The first-order valence-electron chi connectivity index (χ1n) is 15.0. The van der Waals surface area contributed by atoms with E-state index in [1.807, 2.05) is 0 Å². The molecule has 1 aliphatic heterocycles. The van der Waals surface area contributed by atoms with Crippen LogP contribution in [0.15, 0.2) is 143 Å². The van der Waals surface area contributed by atoms with Crippen LogP contribution in [-0.2, 0) is 0 Å². The molecular formula is C39H30N4. The molecule has 2 aliphatic rings.